The number of likely N-dealkylation sites (tertiary alicyclic amines) is 1. The summed E-state index contributed by atoms with van der Waals surface area (Å²) < 4.78 is 11.4. The molecule has 1 N–H and O–H groups in total. The topological polar surface area (TPSA) is 80.5 Å². The van der Waals surface area contributed by atoms with Gasteiger partial charge in [0.05, 0.1) is 24.2 Å². The maximum Gasteiger partial charge on any atom is 0.258 e. The first-order valence-electron chi connectivity index (χ1n) is 11.2. The van der Waals surface area contributed by atoms with Crippen molar-refractivity contribution in [1.29, 1.82) is 0 Å². The molecule has 0 bridgehead atoms. The lowest BCUT2D eigenvalue weighted by Crippen LogP contribution is -2.31. The Labute approximate surface area is 200 Å². The second-order valence-electron chi connectivity index (χ2n) is 8.18. The number of thiophene rings is 2. The van der Waals surface area contributed by atoms with Gasteiger partial charge in [-0.3, -0.25) is 9.69 Å². The number of nitrogens with one attached hydrogen (secondary N) is 1. The SMILES string of the molecule is CC(NC(=O)COc1nc(CN2CCCCC2)nc2scc(-c3cccs3)c12)c1ccco1. The zero-order valence-electron chi connectivity index (χ0n) is 18.5. The fourth-order valence-corrected chi connectivity index (χ4v) is 5.85. The third-order valence-corrected chi connectivity index (χ3v) is 7.51. The monoisotopic (exact) mass is 482 g/mol. The molecule has 1 amide bonds. The fourth-order valence-electron chi connectivity index (χ4n) is 4.08. The first kappa shape index (κ1) is 22.1. The van der Waals surface area contributed by atoms with Gasteiger partial charge < -0.3 is 14.5 Å². The Bertz CT molecular complexity index is 1200. The number of aromatic nitrogens is 2. The van der Waals surface area contributed by atoms with Gasteiger partial charge in [0, 0.05) is 15.8 Å². The van der Waals surface area contributed by atoms with Crippen molar-refractivity contribution in [3.8, 4) is 16.3 Å². The fraction of sp³-hybridized carbons (Fsp3) is 0.375. The smallest absolute Gasteiger partial charge is 0.258 e. The Balaban J connectivity index is 1.39. The van der Waals surface area contributed by atoms with Crippen LogP contribution in [-0.2, 0) is 11.3 Å². The Morgan fingerprint density at radius 3 is 2.85 bits per heavy atom. The molecule has 1 atom stereocenters. The number of hydrogen-bond acceptors (Lipinski definition) is 8. The zero-order valence-corrected chi connectivity index (χ0v) is 20.1. The molecule has 4 aromatic heterocycles. The summed E-state index contributed by atoms with van der Waals surface area (Å²) in [6.45, 7) is 4.58. The highest BCUT2D eigenvalue weighted by Crippen LogP contribution is 2.40. The van der Waals surface area contributed by atoms with Crippen LogP contribution in [0.5, 0.6) is 5.88 Å². The largest absolute Gasteiger partial charge is 0.467 e. The first-order valence-corrected chi connectivity index (χ1v) is 12.9. The molecule has 1 unspecified atom stereocenters. The maximum absolute atomic E-state index is 12.6. The minimum absolute atomic E-state index is 0.125. The number of carbonyl (C=O) groups excluding carboxylic acids is 1. The molecule has 0 aliphatic carbocycles. The van der Waals surface area contributed by atoms with Crippen molar-refractivity contribution in [3.05, 3.63) is 52.9 Å². The van der Waals surface area contributed by atoms with Crippen LogP contribution in [0.3, 0.4) is 0 Å². The molecule has 5 heterocycles. The van der Waals surface area contributed by atoms with Crippen LogP contribution in [0.15, 0.2) is 45.7 Å². The molecule has 0 spiro atoms. The number of piperidine rings is 1. The van der Waals surface area contributed by atoms with E-state index in [-0.39, 0.29) is 18.6 Å². The highest BCUT2D eigenvalue weighted by atomic mass is 32.1. The molecule has 1 saturated heterocycles. The number of hydrogen-bond donors (Lipinski definition) is 1. The number of furan rings is 1. The van der Waals surface area contributed by atoms with Gasteiger partial charge in [-0.1, -0.05) is 12.5 Å². The molecule has 1 aliphatic heterocycles. The lowest BCUT2D eigenvalue weighted by Gasteiger charge is -2.25. The van der Waals surface area contributed by atoms with Gasteiger partial charge in [0.15, 0.2) is 6.61 Å². The van der Waals surface area contributed by atoms with E-state index in [0.29, 0.717) is 18.2 Å². The zero-order chi connectivity index (χ0) is 22.6. The number of amides is 1. The van der Waals surface area contributed by atoms with Crippen LogP contribution >= 0.6 is 22.7 Å². The molecule has 4 aromatic rings. The number of ether oxygens (including phenoxy) is 1. The molecule has 0 aromatic carbocycles. The van der Waals surface area contributed by atoms with Crippen LogP contribution in [0.1, 0.15) is 43.8 Å². The predicted molar refractivity (Wildman–Crippen MR) is 131 cm³/mol. The highest BCUT2D eigenvalue weighted by molar-refractivity contribution is 7.18. The summed E-state index contributed by atoms with van der Waals surface area (Å²) in [6.07, 6.45) is 5.30. The van der Waals surface area contributed by atoms with Crippen molar-refractivity contribution in [2.45, 2.75) is 38.8 Å². The molecule has 1 fully saturated rings. The number of nitrogens with zero attached hydrogens (tertiary/aromatic N) is 3. The molecule has 33 heavy (non-hydrogen) atoms. The third kappa shape index (κ3) is 5.10. The summed E-state index contributed by atoms with van der Waals surface area (Å²) in [5.41, 5.74) is 1.05. The number of fused-ring (bicyclic) bond motifs is 1. The predicted octanol–water partition coefficient (Wildman–Crippen LogP) is 5.25. The van der Waals surface area contributed by atoms with Gasteiger partial charge >= 0.3 is 0 Å². The quantitative estimate of drug-likeness (QED) is 0.369. The van der Waals surface area contributed by atoms with E-state index in [9.17, 15) is 4.79 Å². The summed E-state index contributed by atoms with van der Waals surface area (Å²) in [6, 6.07) is 7.51. The van der Waals surface area contributed by atoms with Crippen molar-refractivity contribution >= 4 is 38.8 Å². The van der Waals surface area contributed by atoms with Crippen LogP contribution in [0.25, 0.3) is 20.7 Å². The standard InChI is InChI=1S/C24H26N4O3S2/c1-16(18-7-5-11-30-18)25-21(29)14-31-23-22-17(19-8-6-12-32-19)15-33-24(22)27-20(26-23)13-28-9-3-2-4-10-28/h5-8,11-12,15-16H,2-4,9-10,13-14H2,1H3,(H,25,29). The Morgan fingerprint density at radius 2 is 2.09 bits per heavy atom. The van der Waals surface area contributed by atoms with Gasteiger partial charge in [0.25, 0.3) is 5.91 Å². The summed E-state index contributed by atoms with van der Waals surface area (Å²) in [5.74, 6) is 1.69. The van der Waals surface area contributed by atoms with Gasteiger partial charge in [-0.25, -0.2) is 4.98 Å². The van der Waals surface area contributed by atoms with E-state index >= 15 is 0 Å². The van der Waals surface area contributed by atoms with Gasteiger partial charge in [-0.15, -0.1) is 22.7 Å². The van der Waals surface area contributed by atoms with Crippen LogP contribution in [0, 0.1) is 0 Å². The second kappa shape index (κ2) is 10.0. The van der Waals surface area contributed by atoms with Crippen molar-refractivity contribution < 1.29 is 13.9 Å². The van der Waals surface area contributed by atoms with Gasteiger partial charge in [-0.05, 0) is 56.4 Å². The molecule has 172 valence electrons. The molecule has 9 heteroatoms. The lowest BCUT2D eigenvalue weighted by atomic mass is 10.1. The summed E-state index contributed by atoms with van der Waals surface area (Å²) >= 11 is 3.26. The summed E-state index contributed by atoms with van der Waals surface area (Å²) in [4.78, 5) is 26.6. The Kier molecular flexibility index (Phi) is 6.70. The number of carbonyl (C=O) groups is 1. The second-order valence-corrected chi connectivity index (χ2v) is 9.99. The van der Waals surface area contributed by atoms with Crippen LogP contribution in [0.4, 0.5) is 0 Å². The highest BCUT2D eigenvalue weighted by Gasteiger charge is 2.20. The van der Waals surface area contributed by atoms with E-state index in [0.717, 1.165) is 39.6 Å². The van der Waals surface area contributed by atoms with Crippen molar-refractivity contribution in [3.63, 3.8) is 0 Å². The molecule has 0 radical (unpaired) electrons. The Hall–Kier alpha value is -2.75. The van der Waals surface area contributed by atoms with Crippen molar-refractivity contribution in [2.75, 3.05) is 19.7 Å². The normalized spacial score (nSPS) is 15.5. The van der Waals surface area contributed by atoms with E-state index in [4.69, 9.17) is 19.1 Å². The summed E-state index contributed by atoms with van der Waals surface area (Å²) in [7, 11) is 0. The van der Waals surface area contributed by atoms with Crippen LogP contribution in [0.2, 0.25) is 0 Å². The van der Waals surface area contributed by atoms with E-state index in [1.807, 2.05) is 19.1 Å². The number of rotatable bonds is 8. The van der Waals surface area contributed by atoms with Gasteiger partial charge in [0.2, 0.25) is 5.88 Å². The van der Waals surface area contributed by atoms with E-state index in [1.54, 1.807) is 35.0 Å². The molecular weight excluding hydrogens is 456 g/mol. The van der Waals surface area contributed by atoms with Crippen LogP contribution in [-0.4, -0.2) is 40.5 Å². The lowest BCUT2D eigenvalue weighted by molar-refractivity contribution is -0.123. The van der Waals surface area contributed by atoms with E-state index in [2.05, 4.69) is 27.0 Å². The van der Waals surface area contributed by atoms with E-state index < -0.39 is 0 Å². The maximum atomic E-state index is 12.6. The first-order chi connectivity index (χ1) is 16.2. The molecule has 7 nitrogen and oxygen atoms in total. The third-order valence-electron chi connectivity index (χ3n) is 5.73. The Morgan fingerprint density at radius 1 is 1.21 bits per heavy atom. The van der Waals surface area contributed by atoms with E-state index in [1.165, 1.54) is 19.3 Å². The minimum atomic E-state index is -0.237. The van der Waals surface area contributed by atoms with Crippen molar-refractivity contribution in [2.24, 2.45) is 0 Å². The molecular formula is C24H26N4O3S2. The van der Waals surface area contributed by atoms with Crippen molar-refractivity contribution in [1.82, 2.24) is 20.2 Å². The van der Waals surface area contributed by atoms with Gasteiger partial charge in [-0.2, -0.15) is 4.98 Å². The molecule has 0 saturated carbocycles. The average Bonchev–Trinajstić information content (AvgIpc) is 3.59. The average molecular weight is 483 g/mol. The minimum Gasteiger partial charge on any atom is -0.467 e. The summed E-state index contributed by atoms with van der Waals surface area (Å²) in [5, 5.41) is 7.93. The van der Waals surface area contributed by atoms with Gasteiger partial charge in [0.1, 0.15) is 16.4 Å². The molecule has 1 aliphatic rings. The van der Waals surface area contributed by atoms with Crippen LogP contribution < -0.4 is 10.1 Å². The molecule has 5 rings (SSSR count).